The number of hydrogen-bond acceptors (Lipinski definition) is 4. The van der Waals surface area contributed by atoms with Gasteiger partial charge in [-0.3, -0.25) is 0 Å². The highest BCUT2D eigenvalue weighted by Crippen LogP contribution is 2.25. The van der Waals surface area contributed by atoms with Crippen LogP contribution in [0.1, 0.15) is 37.7 Å². The summed E-state index contributed by atoms with van der Waals surface area (Å²) in [6, 6.07) is 4.05. The van der Waals surface area contributed by atoms with Gasteiger partial charge in [-0.1, -0.05) is 6.92 Å². The Bertz CT molecular complexity index is 568. The van der Waals surface area contributed by atoms with E-state index in [1.54, 1.807) is 17.7 Å². The molecule has 0 unspecified atom stereocenters. The van der Waals surface area contributed by atoms with E-state index >= 15 is 0 Å². The lowest BCUT2D eigenvalue weighted by atomic mass is 10.1. The summed E-state index contributed by atoms with van der Waals surface area (Å²) in [5, 5.41) is 4.13. The maximum absolute atomic E-state index is 13.2. The summed E-state index contributed by atoms with van der Waals surface area (Å²) in [5.74, 6) is 0.998. The smallest absolute Gasteiger partial charge is 0.164 e. The molecule has 0 spiro atoms. The van der Waals surface area contributed by atoms with Gasteiger partial charge in [0.1, 0.15) is 24.5 Å². The quantitative estimate of drug-likeness (QED) is 0.881. The molecule has 2 N–H and O–H groups in total. The monoisotopic (exact) mass is 278 g/mol. The Morgan fingerprint density at radius 2 is 2.25 bits per heavy atom. The van der Waals surface area contributed by atoms with E-state index in [4.69, 9.17) is 10.5 Å². The highest BCUT2D eigenvalue weighted by molar-refractivity contribution is 5.36. The maximum atomic E-state index is 13.2. The summed E-state index contributed by atoms with van der Waals surface area (Å²) in [7, 11) is 0. The average Bonchev–Trinajstić information content (AvgIpc) is 2.85. The first-order valence-electron chi connectivity index (χ1n) is 6.66. The second-order valence-corrected chi connectivity index (χ2v) is 4.66. The van der Waals surface area contributed by atoms with Crippen molar-refractivity contribution < 1.29 is 9.13 Å². The van der Waals surface area contributed by atoms with Crippen molar-refractivity contribution in [3.63, 3.8) is 0 Å². The third kappa shape index (κ3) is 3.33. The van der Waals surface area contributed by atoms with Gasteiger partial charge in [0.25, 0.3) is 0 Å². The fraction of sp³-hybridized carbons (Fsp3) is 0.429. The number of ether oxygens (including phenoxy) is 1. The van der Waals surface area contributed by atoms with Crippen LogP contribution in [0.5, 0.6) is 5.75 Å². The van der Waals surface area contributed by atoms with Crippen LogP contribution in [0.4, 0.5) is 4.39 Å². The Hall–Kier alpha value is -1.95. The fourth-order valence-electron chi connectivity index (χ4n) is 1.95. The Morgan fingerprint density at radius 1 is 1.45 bits per heavy atom. The van der Waals surface area contributed by atoms with E-state index in [2.05, 4.69) is 17.0 Å². The average molecular weight is 278 g/mol. The molecule has 0 aliphatic carbocycles. The molecule has 6 heteroatoms. The van der Waals surface area contributed by atoms with Gasteiger partial charge >= 0.3 is 0 Å². The molecule has 1 aromatic carbocycles. The molecule has 5 nitrogen and oxygen atoms in total. The van der Waals surface area contributed by atoms with Gasteiger partial charge in [0, 0.05) is 18.2 Å². The summed E-state index contributed by atoms with van der Waals surface area (Å²) >= 11 is 0. The van der Waals surface area contributed by atoms with E-state index in [9.17, 15) is 4.39 Å². The first-order chi connectivity index (χ1) is 9.61. The van der Waals surface area contributed by atoms with E-state index < -0.39 is 0 Å². The molecule has 1 heterocycles. The van der Waals surface area contributed by atoms with Crippen molar-refractivity contribution in [3.05, 3.63) is 41.7 Å². The molecule has 0 bridgehead atoms. The van der Waals surface area contributed by atoms with E-state index in [1.807, 2.05) is 0 Å². The molecule has 1 atom stereocenters. The second-order valence-electron chi connectivity index (χ2n) is 4.66. The molecule has 20 heavy (non-hydrogen) atoms. The maximum Gasteiger partial charge on any atom is 0.164 e. The molecule has 108 valence electrons. The minimum Gasteiger partial charge on any atom is -0.485 e. The zero-order valence-corrected chi connectivity index (χ0v) is 11.7. The van der Waals surface area contributed by atoms with Gasteiger partial charge < -0.3 is 10.5 Å². The number of rotatable bonds is 6. The van der Waals surface area contributed by atoms with E-state index in [0.717, 1.165) is 18.8 Å². The van der Waals surface area contributed by atoms with Gasteiger partial charge in [0.2, 0.25) is 0 Å². The van der Waals surface area contributed by atoms with Gasteiger partial charge in [0.05, 0.1) is 0 Å². The molecule has 0 saturated heterocycles. The Morgan fingerprint density at radius 3 is 2.95 bits per heavy atom. The molecule has 0 radical (unpaired) electrons. The normalized spacial score (nSPS) is 12.4. The fourth-order valence-corrected chi connectivity index (χ4v) is 1.95. The number of hydrogen-bond donors (Lipinski definition) is 1. The molecule has 0 saturated carbocycles. The van der Waals surface area contributed by atoms with Crippen LogP contribution >= 0.6 is 0 Å². The van der Waals surface area contributed by atoms with Crippen LogP contribution in [0.25, 0.3) is 0 Å². The predicted octanol–water partition coefficient (Wildman–Crippen LogP) is 2.43. The van der Waals surface area contributed by atoms with Crippen LogP contribution in [-0.2, 0) is 13.2 Å². The summed E-state index contributed by atoms with van der Waals surface area (Å²) < 4.78 is 20.8. The van der Waals surface area contributed by atoms with Gasteiger partial charge in [-0.15, -0.1) is 0 Å². The van der Waals surface area contributed by atoms with Crippen molar-refractivity contribution in [1.82, 2.24) is 14.8 Å². The standard InChI is InChI=1S/C14H19FN4O/c1-3-6-19-14(17-9-18-19)8-20-13-5-4-11(15)7-12(13)10(2)16/h4-5,7,9-10H,3,6,8,16H2,1-2H3/t10-/m1/s1. The first kappa shape index (κ1) is 14.5. The number of nitrogens with two attached hydrogens (primary N) is 1. The molecule has 0 aliphatic rings. The van der Waals surface area contributed by atoms with Crippen molar-refractivity contribution in [3.8, 4) is 5.75 Å². The minimum atomic E-state index is -0.321. The van der Waals surface area contributed by atoms with Crippen LogP contribution < -0.4 is 10.5 Å². The van der Waals surface area contributed by atoms with Crippen LogP contribution in [0, 0.1) is 5.82 Å². The molecule has 2 rings (SSSR count). The Balaban J connectivity index is 2.12. The van der Waals surface area contributed by atoms with Crippen molar-refractivity contribution in [2.75, 3.05) is 0 Å². The van der Waals surface area contributed by atoms with E-state index in [-0.39, 0.29) is 18.5 Å². The van der Waals surface area contributed by atoms with Gasteiger partial charge in [-0.2, -0.15) is 5.10 Å². The lowest BCUT2D eigenvalue weighted by molar-refractivity contribution is 0.281. The van der Waals surface area contributed by atoms with Crippen LogP contribution in [0.3, 0.4) is 0 Å². The van der Waals surface area contributed by atoms with Crippen molar-refractivity contribution in [1.29, 1.82) is 0 Å². The molecule has 0 amide bonds. The number of nitrogens with zero attached hydrogens (tertiary/aromatic N) is 3. The highest BCUT2D eigenvalue weighted by Gasteiger charge is 2.11. The van der Waals surface area contributed by atoms with Gasteiger partial charge in [0.15, 0.2) is 5.82 Å². The zero-order valence-electron chi connectivity index (χ0n) is 11.7. The molecular formula is C14H19FN4O. The third-order valence-corrected chi connectivity index (χ3v) is 2.95. The number of aryl methyl sites for hydroxylation is 1. The Labute approximate surface area is 117 Å². The SMILES string of the molecule is CCCn1ncnc1COc1ccc(F)cc1[C@@H](C)N. The summed E-state index contributed by atoms with van der Waals surface area (Å²) in [4.78, 5) is 4.16. The predicted molar refractivity (Wildman–Crippen MR) is 73.6 cm³/mol. The first-order valence-corrected chi connectivity index (χ1v) is 6.66. The highest BCUT2D eigenvalue weighted by atomic mass is 19.1. The van der Waals surface area contributed by atoms with Crippen molar-refractivity contribution >= 4 is 0 Å². The van der Waals surface area contributed by atoms with E-state index in [0.29, 0.717) is 11.3 Å². The number of halogens is 1. The Kier molecular flexibility index (Phi) is 4.68. The van der Waals surface area contributed by atoms with E-state index in [1.165, 1.54) is 18.5 Å². The summed E-state index contributed by atoms with van der Waals surface area (Å²) in [6.45, 7) is 4.94. The molecule has 0 fully saturated rings. The van der Waals surface area contributed by atoms with Crippen LogP contribution in [-0.4, -0.2) is 14.8 Å². The second kappa shape index (κ2) is 6.47. The zero-order chi connectivity index (χ0) is 14.5. The molecule has 1 aromatic heterocycles. The molecule has 0 aliphatic heterocycles. The lowest BCUT2D eigenvalue weighted by Crippen LogP contribution is -2.11. The lowest BCUT2D eigenvalue weighted by Gasteiger charge is -2.14. The van der Waals surface area contributed by atoms with Gasteiger partial charge in [-0.25, -0.2) is 14.1 Å². The minimum absolute atomic E-state index is 0.283. The molecular weight excluding hydrogens is 259 g/mol. The van der Waals surface area contributed by atoms with Gasteiger partial charge in [-0.05, 0) is 31.5 Å². The number of benzene rings is 1. The topological polar surface area (TPSA) is 66.0 Å². The van der Waals surface area contributed by atoms with Crippen LogP contribution in [0.2, 0.25) is 0 Å². The summed E-state index contributed by atoms with van der Waals surface area (Å²) in [5.41, 5.74) is 6.48. The van der Waals surface area contributed by atoms with Crippen molar-refractivity contribution in [2.24, 2.45) is 5.73 Å². The molecule has 2 aromatic rings. The van der Waals surface area contributed by atoms with Crippen LogP contribution in [0.15, 0.2) is 24.5 Å². The van der Waals surface area contributed by atoms with Crippen molar-refractivity contribution in [2.45, 2.75) is 39.5 Å². The third-order valence-electron chi connectivity index (χ3n) is 2.95. The largest absolute Gasteiger partial charge is 0.485 e. The summed E-state index contributed by atoms with van der Waals surface area (Å²) in [6.07, 6.45) is 2.48. The number of aromatic nitrogens is 3.